The van der Waals surface area contributed by atoms with Crippen LogP contribution in [0.15, 0.2) is 10.6 Å². The van der Waals surface area contributed by atoms with Crippen LogP contribution in [0.25, 0.3) is 0 Å². The normalized spacial score (nSPS) is 28.3. The van der Waals surface area contributed by atoms with Crippen molar-refractivity contribution in [2.75, 3.05) is 26.2 Å². The molecule has 6 nitrogen and oxygen atoms in total. The largest absolute Gasteiger partial charge is 0.360 e. The van der Waals surface area contributed by atoms with E-state index in [1.54, 1.807) is 0 Å². The molecule has 4 rings (SSSR count). The van der Waals surface area contributed by atoms with Crippen molar-refractivity contribution in [2.24, 2.45) is 5.92 Å². The van der Waals surface area contributed by atoms with E-state index in [1.165, 1.54) is 25.7 Å². The van der Waals surface area contributed by atoms with Gasteiger partial charge in [0, 0.05) is 50.7 Å². The second-order valence-electron chi connectivity index (χ2n) is 7.77. The van der Waals surface area contributed by atoms with E-state index in [1.807, 2.05) is 13.0 Å². The van der Waals surface area contributed by atoms with Crippen molar-refractivity contribution in [3.63, 3.8) is 0 Å². The first kappa shape index (κ1) is 21.5. The van der Waals surface area contributed by atoms with Crippen LogP contribution in [0.4, 0.5) is 0 Å². The minimum absolute atomic E-state index is 0. The van der Waals surface area contributed by atoms with Crippen LogP contribution < -0.4 is 5.32 Å². The lowest BCUT2D eigenvalue weighted by molar-refractivity contribution is -0.134. The van der Waals surface area contributed by atoms with E-state index in [9.17, 15) is 4.79 Å². The van der Waals surface area contributed by atoms with Gasteiger partial charge < -0.3 is 14.7 Å². The number of nitrogens with one attached hydrogen (secondary N) is 1. The molecule has 2 unspecified atom stereocenters. The molecule has 0 spiro atoms. The predicted molar refractivity (Wildman–Crippen MR) is 105 cm³/mol. The first-order valence-corrected chi connectivity index (χ1v) is 9.34. The molecule has 1 N–H and O–H groups in total. The van der Waals surface area contributed by atoms with Crippen molar-refractivity contribution in [1.82, 2.24) is 20.3 Å². The molecule has 2 bridgehead atoms. The van der Waals surface area contributed by atoms with Gasteiger partial charge in [-0.25, -0.2) is 0 Å². The second kappa shape index (κ2) is 9.40. The summed E-state index contributed by atoms with van der Waals surface area (Å²) in [5, 5.41) is 7.59. The average Bonchev–Trinajstić information content (AvgIpc) is 3.13. The van der Waals surface area contributed by atoms with E-state index in [4.69, 9.17) is 4.52 Å². The van der Waals surface area contributed by atoms with Gasteiger partial charge in [-0.1, -0.05) is 5.16 Å². The number of fused-ring (bicyclic) bond motifs is 2. The third-order valence-electron chi connectivity index (χ3n) is 5.82. The molecule has 1 amide bonds. The first-order valence-electron chi connectivity index (χ1n) is 9.34. The number of aromatic nitrogens is 1. The predicted octanol–water partition coefficient (Wildman–Crippen LogP) is 2.39. The molecule has 0 aromatic carbocycles. The zero-order valence-electron chi connectivity index (χ0n) is 15.4. The minimum Gasteiger partial charge on any atom is -0.360 e. The third kappa shape index (κ3) is 5.12. The van der Waals surface area contributed by atoms with E-state index in [0.717, 1.165) is 50.6 Å². The lowest BCUT2D eigenvalue weighted by Gasteiger charge is -2.36. The lowest BCUT2D eigenvalue weighted by Crippen LogP contribution is -2.49. The van der Waals surface area contributed by atoms with Gasteiger partial charge in [-0.2, -0.15) is 0 Å². The number of carbonyl (C=O) groups is 1. The molecular formula is C18H30Cl2N4O2. The Labute approximate surface area is 167 Å². The van der Waals surface area contributed by atoms with Crippen LogP contribution in [-0.2, 0) is 11.3 Å². The third-order valence-corrected chi connectivity index (χ3v) is 5.82. The molecule has 26 heavy (non-hydrogen) atoms. The van der Waals surface area contributed by atoms with Crippen molar-refractivity contribution < 1.29 is 9.32 Å². The summed E-state index contributed by atoms with van der Waals surface area (Å²) in [5.41, 5.74) is 0.926. The zero-order valence-corrected chi connectivity index (χ0v) is 17.0. The van der Waals surface area contributed by atoms with Crippen LogP contribution in [0.1, 0.15) is 43.6 Å². The number of carbonyl (C=O) groups excluding carboxylic acids is 1. The zero-order chi connectivity index (χ0) is 16.5. The summed E-state index contributed by atoms with van der Waals surface area (Å²) in [5.74, 6) is 1.86. The van der Waals surface area contributed by atoms with E-state index in [0.29, 0.717) is 23.9 Å². The molecule has 1 aromatic heterocycles. The Bertz CT molecular complexity index is 578. The van der Waals surface area contributed by atoms with Crippen LogP contribution >= 0.6 is 24.8 Å². The Hall–Kier alpha value is -0.820. The highest BCUT2D eigenvalue weighted by atomic mass is 35.5. The fourth-order valence-electron chi connectivity index (χ4n) is 4.58. The van der Waals surface area contributed by atoms with Crippen LogP contribution in [0.3, 0.4) is 0 Å². The molecule has 3 aliphatic heterocycles. The van der Waals surface area contributed by atoms with Gasteiger partial charge in [0.1, 0.15) is 0 Å². The van der Waals surface area contributed by atoms with Gasteiger partial charge in [-0.3, -0.25) is 9.69 Å². The number of hydrogen-bond donors (Lipinski definition) is 1. The van der Waals surface area contributed by atoms with Gasteiger partial charge in [0.25, 0.3) is 0 Å². The summed E-state index contributed by atoms with van der Waals surface area (Å²) in [6.45, 7) is 6.25. The maximum atomic E-state index is 12.6. The summed E-state index contributed by atoms with van der Waals surface area (Å²) in [4.78, 5) is 17.0. The standard InChI is InChI=1S/C18H28N4O2.2ClH/c1-13-8-17(24-20-13)12-21-4-6-22(7-5-21)18(23)11-14-9-15-2-3-16(10-14)19-15;;/h8,14-16,19H,2-7,9-12H2,1H3;2*1H. The summed E-state index contributed by atoms with van der Waals surface area (Å²) >= 11 is 0. The maximum absolute atomic E-state index is 12.6. The van der Waals surface area contributed by atoms with Gasteiger partial charge in [-0.15, -0.1) is 24.8 Å². The highest BCUT2D eigenvalue weighted by Crippen LogP contribution is 2.33. The maximum Gasteiger partial charge on any atom is 0.222 e. The highest BCUT2D eigenvalue weighted by Gasteiger charge is 2.35. The molecule has 8 heteroatoms. The number of halogens is 2. The quantitative estimate of drug-likeness (QED) is 0.834. The smallest absolute Gasteiger partial charge is 0.222 e. The number of nitrogens with zero attached hydrogens (tertiary/aromatic N) is 3. The first-order chi connectivity index (χ1) is 11.7. The Morgan fingerprint density at radius 1 is 1.19 bits per heavy atom. The molecule has 148 valence electrons. The van der Waals surface area contributed by atoms with Gasteiger partial charge in [0.15, 0.2) is 5.76 Å². The molecule has 0 radical (unpaired) electrons. The number of aryl methyl sites for hydroxylation is 1. The van der Waals surface area contributed by atoms with Crippen molar-refractivity contribution >= 4 is 30.7 Å². The molecule has 3 saturated heterocycles. The van der Waals surface area contributed by atoms with Crippen molar-refractivity contribution in [3.05, 3.63) is 17.5 Å². The van der Waals surface area contributed by atoms with Gasteiger partial charge >= 0.3 is 0 Å². The lowest BCUT2D eigenvalue weighted by atomic mass is 9.89. The van der Waals surface area contributed by atoms with Crippen LogP contribution in [0.5, 0.6) is 0 Å². The van der Waals surface area contributed by atoms with Crippen LogP contribution in [0.2, 0.25) is 0 Å². The second-order valence-corrected chi connectivity index (χ2v) is 7.77. The van der Waals surface area contributed by atoms with Crippen LogP contribution in [-0.4, -0.2) is 59.1 Å². The molecule has 1 aromatic rings. The topological polar surface area (TPSA) is 61.6 Å². The van der Waals surface area contributed by atoms with Gasteiger partial charge in [-0.05, 0) is 38.5 Å². The average molecular weight is 405 g/mol. The number of amides is 1. The van der Waals surface area contributed by atoms with E-state index in [-0.39, 0.29) is 24.8 Å². The Balaban J connectivity index is 0.00000121. The summed E-state index contributed by atoms with van der Waals surface area (Å²) in [6.07, 6.45) is 5.72. The van der Waals surface area contributed by atoms with Crippen molar-refractivity contribution in [2.45, 2.75) is 57.7 Å². The van der Waals surface area contributed by atoms with Gasteiger partial charge in [0.2, 0.25) is 5.91 Å². The van der Waals surface area contributed by atoms with Crippen molar-refractivity contribution in [3.8, 4) is 0 Å². The van der Waals surface area contributed by atoms with E-state index in [2.05, 4.69) is 20.3 Å². The molecule has 3 aliphatic rings. The summed E-state index contributed by atoms with van der Waals surface area (Å²) in [6, 6.07) is 3.33. The number of piperidine rings is 1. The Morgan fingerprint density at radius 2 is 1.85 bits per heavy atom. The highest BCUT2D eigenvalue weighted by molar-refractivity contribution is 5.85. The van der Waals surface area contributed by atoms with E-state index < -0.39 is 0 Å². The number of piperazine rings is 1. The molecule has 0 saturated carbocycles. The fourth-order valence-corrected chi connectivity index (χ4v) is 4.58. The molecule has 4 heterocycles. The minimum atomic E-state index is 0. The Morgan fingerprint density at radius 3 is 2.42 bits per heavy atom. The molecule has 0 aliphatic carbocycles. The summed E-state index contributed by atoms with van der Waals surface area (Å²) in [7, 11) is 0. The van der Waals surface area contributed by atoms with Crippen molar-refractivity contribution in [1.29, 1.82) is 0 Å². The molecule has 3 fully saturated rings. The monoisotopic (exact) mass is 404 g/mol. The van der Waals surface area contributed by atoms with Gasteiger partial charge in [0.05, 0.1) is 12.2 Å². The summed E-state index contributed by atoms with van der Waals surface area (Å²) < 4.78 is 5.29. The fraction of sp³-hybridized carbons (Fsp3) is 0.778. The molecule has 2 atom stereocenters. The molecular weight excluding hydrogens is 375 g/mol. The van der Waals surface area contributed by atoms with E-state index >= 15 is 0 Å². The van der Waals surface area contributed by atoms with Crippen LogP contribution in [0, 0.1) is 12.8 Å². The number of rotatable bonds is 4. The SMILES string of the molecule is Cc1cc(CN2CCN(C(=O)CC3CC4CCC(C3)N4)CC2)on1.Cl.Cl. The Kier molecular flexibility index (Phi) is 7.76. The number of hydrogen-bond acceptors (Lipinski definition) is 5.